The fourth-order valence-corrected chi connectivity index (χ4v) is 4.66. The number of rotatable bonds is 4. The molecule has 1 N–H and O–H groups in total. The largest absolute Gasteiger partial charge is 0.368 e. The molecule has 2 aromatic carbocycles. The van der Waals surface area contributed by atoms with E-state index >= 15 is 0 Å². The van der Waals surface area contributed by atoms with Crippen molar-refractivity contribution >= 4 is 23.8 Å². The van der Waals surface area contributed by atoms with Gasteiger partial charge in [0, 0.05) is 69.3 Å². The van der Waals surface area contributed by atoms with E-state index in [-0.39, 0.29) is 12.4 Å². The third-order valence-electron chi connectivity index (χ3n) is 6.35. The van der Waals surface area contributed by atoms with Gasteiger partial charge >= 0.3 is 0 Å². The second-order valence-electron chi connectivity index (χ2n) is 8.47. The average molecular weight is 415 g/mol. The van der Waals surface area contributed by atoms with E-state index < -0.39 is 0 Å². The lowest BCUT2D eigenvalue weighted by atomic mass is 10.1. The molecule has 158 valence electrons. The molecule has 0 unspecified atom stereocenters. The first-order valence-electron chi connectivity index (χ1n) is 10.7. The van der Waals surface area contributed by atoms with E-state index in [4.69, 9.17) is 0 Å². The summed E-state index contributed by atoms with van der Waals surface area (Å²) in [5, 5.41) is 3.48. The standard InChI is InChI=1S/C24H34N4.ClH/c1-19-15-23(28-12-11-25-16-20(28)2)9-10-24(19)27-14-13-26(21(3)17-27)18-22-7-5-4-6-8-22;/h4-10,15,20-21,25H,11-14,16-18H2,1-3H3;1H/t20-,21-;/m0./s1. The maximum Gasteiger partial charge on any atom is 0.0398 e. The summed E-state index contributed by atoms with van der Waals surface area (Å²) >= 11 is 0. The van der Waals surface area contributed by atoms with Crippen LogP contribution in [0.5, 0.6) is 0 Å². The van der Waals surface area contributed by atoms with Gasteiger partial charge in [-0.15, -0.1) is 12.4 Å². The summed E-state index contributed by atoms with van der Waals surface area (Å²) in [6, 6.07) is 19.0. The molecule has 0 aliphatic carbocycles. The minimum Gasteiger partial charge on any atom is -0.368 e. The van der Waals surface area contributed by atoms with Gasteiger partial charge in [-0.1, -0.05) is 30.3 Å². The van der Waals surface area contributed by atoms with Gasteiger partial charge in [0.05, 0.1) is 0 Å². The van der Waals surface area contributed by atoms with Gasteiger partial charge in [-0.25, -0.2) is 0 Å². The van der Waals surface area contributed by atoms with Gasteiger partial charge in [0.2, 0.25) is 0 Å². The molecular weight excluding hydrogens is 380 g/mol. The molecule has 2 fully saturated rings. The molecule has 4 nitrogen and oxygen atoms in total. The minimum atomic E-state index is 0. The van der Waals surface area contributed by atoms with E-state index in [1.807, 2.05) is 0 Å². The molecule has 0 radical (unpaired) electrons. The number of nitrogens with one attached hydrogen (secondary N) is 1. The van der Waals surface area contributed by atoms with Crippen molar-refractivity contribution < 1.29 is 0 Å². The first-order chi connectivity index (χ1) is 13.6. The molecule has 2 heterocycles. The Morgan fingerprint density at radius 3 is 2.45 bits per heavy atom. The molecule has 0 spiro atoms. The van der Waals surface area contributed by atoms with Crippen LogP contribution < -0.4 is 15.1 Å². The van der Waals surface area contributed by atoms with Gasteiger partial charge in [-0.2, -0.15) is 0 Å². The molecule has 29 heavy (non-hydrogen) atoms. The molecule has 0 aromatic heterocycles. The van der Waals surface area contributed by atoms with Crippen molar-refractivity contribution in [3.05, 3.63) is 59.7 Å². The van der Waals surface area contributed by atoms with Crippen molar-refractivity contribution in [1.29, 1.82) is 0 Å². The van der Waals surface area contributed by atoms with Crippen molar-refractivity contribution in [1.82, 2.24) is 10.2 Å². The summed E-state index contributed by atoms with van der Waals surface area (Å²) in [5.74, 6) is 0. The number of hydrogen-bond donors (Lipinski definition) is 1. The van der Waals surface area contributed by atoms with Gasteiger partial charge < -0.3 is 15.1 Å². The zero-order valence-corrected chi connectivity index (χ0v) is 18.8. The Bertz CT molecular complexity index is 782. The van der Waals surface area contributed by atoms with Gasteiger partial charge in [0.15, 0.2) is 0 Å². The number of aryl methyl sites for hydroxylation is 1. The van der Waals surface area contributed by atoms with E-state index in [1.165, 1.54) is 22.5 Å². The highest BCUT2D eigenvalue weighted by Gasteiger charge is 2.25. The topological polar surface area (TPSA) is 21.8 Å². The van der Waals surface area contributed by atoms with Crippen molar-refractivity contribution in [2.24, 2.45) is 0 Å². The van der Waals surface area contributed by atoms with Crippen LogP contribution in [0.25, 0.3) is 0 Å². The van der Waals surface area contributed by atoms with Crippen LogP contribution in [0, 0.1) is 6.92 Å². The molecule has 0 bridgehead atoms. The highest BCUT2D eigenvalue weighted by molar-refractivity contribution is 5.85. The number of hydrogen-bond acceptors (Lipinski definition) is 4. The van der Waals surface area contributed by atoms with Crippen LogP contribution in [0.3, 0.4) is 0 Å². The summed E-state index contributed by atoms with van der Waals surface area (Å²) in [6.45, 7) is 14.5. The summed E-state index contributed by atoms with van der Waals surface area (Å²) < 4.78 is 0. The zero-order chi connectivity index (χ0) is 19.5. The molecule has 2 aromatic rings. The molecule has 2 saturated heterocycles. The summed E-state index contributed by atoms with van der Waals surface area (Å²) in [6.07, 6.45) is 0. The second kappa shape index (κ2) is 9.84. The van der Waals surface area contributed by atoms with E-state index in [1.54, 1.807) is 0 Å². The number of halogens is 1. The van der Waals surface area contributed by atoms with Crippen LogP contribution in [0.1, 0.15) is 25.0 Å². The predicted molar refractivity (Wildman–Crippen MR) is 127 cm³/mol. The summed E-state index contributed by atoms with van der Waals surface area (Å²) in [5.41, 5.74) is 5.57. The van der Waals surface area contributed by atoms with Crippen LogP contribution in [-0.4, -0.2) is 56.3 Å². The Morgan fingerprint density at radius 1 is 0.966 bits per heavy atom. The van der Waals surface area contributed by atoms with Crippen molar-refractivity contribution in [2.75, 3.05) is 49.1 Å². The van der Waals surface area contributed by atoms with E-state index in [0.29, 0.717) is 12.1 Å². The van der Waals surface area contributed by atoms with E-state index in [0.717, 1.165) is 45.8 Å². The van der Waals surface area contributed by atoms with Crippen LogP contribution in [-0.2, 0) is 6.54 Å². The third-order valence-corrected chi connectivity index (χ3v) is 6.35. The lowest BCUT2D eigenvalue weighted by molar-refractivity contribution is 0.181. The zero-order valence-electron chi connectivity index (χ0n) is 18.0. The molecule has 0 saturated carbocycles. The van der Waals surface area contributed by atoms with Crippen molar-refractivity contribution in [3.63, 3.8) is 0 Å². The molecule has 2 aliphatic heterocycles. The maximum absolute atomic E-state index is 3.48. The molecule has 2 atom stereocenters. The van der Waals surface area contributed by atoms with Gasteiger partial charge in [0.1, 0.15) is 0 Å². The number of anilines is 2. The van der Waals surface area contributed by atoms with Crippen LogP contribution in [0.4, 0.5) is 11.4 Å². The maximum atomic E-state index is 3.48. The quantitative estimate of drug-likeness (QED) is 0.818. The fourth-order valence-electron chi connectivity index (χ4n) is 4.66. The monoisotopic (exact) mass is 414 g/mol. The number of piperazine rings is 2. The highest BCUT2D eigenvalue weighted by Crippen LogP contribution is 2.29. The molecule has 2 aliphatic rings. The van der Waals surface area contributed by atoms with Gasteiger partial charge in [-0.3, -0.25) is 4.90 Å². The number of nitrogens with zero attached hydrogens (tertiary/aromatic N) is 3. The lowest BCUT2D eigenvalue weighted by Gasteiger charge is -2.42. The van der Waals surface area contributed by atoms with E-state index in [9.17, 15) is 0 Å². The smallest absolute Gasteiger partial charge is 0.0398 e. The van der Waals surface area contributed by atoms with Gasteiger partial charge in [0.25, 0.3) is 0 Å². The fraction of sp³-hybridized carbons (Fsp3) is 0.500. The second-order valence-corrected chi connectivity index (χ2v) is 8.47. The first kappa shape index (κ1) is 21.9. The van der Waals surface area contributed by atoms with Crippen LogP contribution in [0.2, 0.25) is 0 Å². The lowest BCUT2D eigenvalue weighted by Crippen LogP contribution is -2.51. The molecule has 4 rings (SSSR count). The number of benzene rings is 2. The highest BCUT2D eigenvalue weighted by atomic mass is 35.5. The molecule has 5 heteroatoms. The van der Waals surface area contributed by atoms with Crippen LogP contribution in [0.15, 0.2) is 48.5 Å². The Kier molecular flexibility index (Phi) is 7.44. The van der Waals surface area contributed by atoms with Crippen LogP contribution >= 0.6 is 12.4 Å². The van der Waals surface area contributed by atoms with Gasteiger partial charge in [-0.05, 0) is 50.1 Å². The Morgan fingerprint density at radius 2 is 1.76 bits per heavy atom. The average Bonchev–Trinajstić information content (AvgIpc) is 2.71. The third kappa shape index (κ3) is 5.06. The normalized spacial score (nSPS) is 23.0. The Hall–Kier alpha value is -1.75. The van der Waals surface area contributed by atoms with Crippen molar-refractivity contribution in [2.45, 2.75) is 39.4 Å². The summed E-state index contributed by atoms with van der Waals surface area (Å²) in [7, 11) is 0. The summed E-state index contributed by atoms with van der Waals surface area (Å²) in [4.78, 5) is 7.72. The minimum absolute atomic E-state index is 0. The predicted octanol–water partition coefficient (Wildman–Crippen LogP) is 3.93. The van der Waals surface area contributed by atoms with Crippen molar-refractivity contribution in [3.8, 4) is 0 Å². The first-order valence-corrected chi connectivity index (χ1v) is 10.7. The SMILES string of the molecule is Cc1cc(N2CCNC[C@@H]2C)ccc1N1CCN(Cc2ccccc2)[C@@H](C)C1.Cl. The Labute approximate surface area is 182 Å². The van der Waals surface area contributed by atoms with E-state index in [2.05, 4.69) is 89.3 Å². The Balaban J connectivity index is 0.00000240. The molecular formula is C24H35ClN4. The molecule has 0 amide bonds.